The van der Waals surface area contributed by atoms with Crippen LogP contribution in [0, 0.1) is 0 Å². The van der Waals surface area contributed by atoms with Gasteiger partial charge >= 0.3 is 0 Å². The molecule has 0 aliphatic rings. The molecule has 0 radical (unpaired) electrons. The fraction of sp³-hybridized carbons (Fsp3) is 0.571. The van der Waals surface area contributed by atoms with E-state index in [1.807, 2.05) is 22.5 Å². The van der Waals surface area contributed by atoms with E-state index in [-0.39, 0.29) is 5.41 Å². The summed E-state index contributed by atoms with van der Waals surface area (Å²) in [5, 5.41) is 4.57. The van der Waals surface area contributed by atoms with Gasteiger partial charge in [-0.2, -0.15) is 5.10 Å². The zero-order chi connectivity index (χ0) is 14.4. The minimum absolute atomic E-state index is 0.0371. The third-order valence-electron chi connectivity index (χ3n) is 3.18. The van der Waals surface area contributed by atoms with E-state index in [0.717, 1.165) is 17.0 Å². The molecule has 0 bridgehead atoms. The van der Waals surface area contributed by atoms with Crippen molar-refractivity contribution in [3.05, 3.63) is 18.2 Å². The SMILES string of the molecule is CC(C)n1cnc(-c2cn(C)nc2C(C)(C)C)c1N. The Morgan fingerprint density at radius 3 is 2.37 bits per heavy atom. The topological polar surface area (TPSA) is 61.7 Å². The summed E-state index contributed by atoms with van der Waals surface area (Å²) in [6, 6.07) is 0.302. The van der Waals surface area contributed by atoms with Crippen LogP contribution in [-0.2, 0) is 12.5 Å². The smallest absolute Gasteiger partial charge is 0.131 e. The van der Waals surface area contributed by atoms with E-state index >= 15 is 0 Å². The lowest BCUT2D eigenvalue weighted by Gasteiger charge is -2.17. The molecule has 2 aromatic rings. The summed E-state index contributed by atoms with van der Waals surface area (Å²) in [6.07, 6.45) is 3.79. The summed E-state index contributed by atoms with van der Waals surface area (Å²) in [6.45, 7) is 10.6. The Kier molecular flexibility index (Phi) is 3.16. The third kappa shape index (κ3) is 2.37. The number of anilines is 1. The molecular weight excluding hydrogens is 238 g/mol. The van der Waals surface area contributed by atoms with Crippen LogP contribution in [0.5, 0.6) is 0 Å². The lowest BCUT2D eigenvalue weighted by molar-refractivity contribution is 0.554. The highest BCUT2D eigenvalue weighted by Gasteiger charge is 2.25. The van der Waals surface area contributed by atoms with Gasteiger partial charge in [-0.25, -0.2) is 4.98 Å². The zero-order valence-electron chi connectivity index (χ0n) is 12.6. The van der Waals surface area contributed by atoms with Crippen molar-refractivity contribution in [2.45, 2.75) is 46.1 Å². The number of hydrogen-bond donors (Lipinski definition) is 1. The second-order valence-corrected chi connectivity index (χ2v) is 6.29. The van der Waals surface area contributed by atoms with Crippen molar-refractivity contribution < 1.29 is 0 Å². The highest BCUT2D eigenvalue weighted by Crippen LogP contribution is 2.34. The normalized spacial score (nSPS) is 12.4. The Labute approximate surface area is 114 Å². The van der Waals surface area contributed by atoms with Crippen molar-refractivity contribution in [1.82, 2.24) is 19.3 Å². The molecule has 0 aliphatic heterocycles. The van der Waals surface area contributed by atoms with Gasteiger partial charge < -0.3 is 10.3 Å². The minimum atomic E-state index is -0.0371. The molecule has 0 saturated carbocycles. The summed E-state index contributed by atoms with van der Waals surface area (Å²) < 4.78 is 3.80. The van der Waals surface area contributed by atoms with E-state index in [1.54, 1.807) is 6.33 Å². The van der Waals surface area contributed by atoms with Gasteiger partial charge in [-0.05, 0) is 13.8 Å². The van der Waals surface area contributed by atoms with Crippen LogP contribution in [0.15, 0.2) is 12.5 Å². The molecule has 19 heavy (non-hydrogen) atoms. The number of nitrogen functional groups attached to an aromatic ring is 1. The second-order valence-electron chi connectivity index (χ2n) is 6.29. The monoisotopic (exact) mass is 261 g/mol. The van der Waals surface area contributed by atoms with Gasteiger partial charge in [0.1, 0.15) is 11.5 Å². The van der Waals surface area contributed by atoms with Gasteiger partial charge in [0, 0.05) is 30.3 Å². The first kappa shape index (κ1) is 13.6. The van der Waals surface area contributed by atoms with Crippen molar-refractivity contribution in [3.8, 4) is 11.3 Å². The minimum Gasteiger partial charge on any atom is -0.383 e. The predicted molar refractivity (Wildman–Crippen MR) is 77.9 cm³/mol. The van der Waals surface area contributed by atoms with Crippen molar-refractivity contribution in [1.29, 1.82) is 0 Å². The van der Waals surface area contributed by atoms with E-state index in [1.165, 1.54) is 0 Å². The van der Waals surface area contributed by atoms with Gasteiger partial charge in [-0.15, -0.1) is 0 Å². The second kappa shape index (κ2) is 4.40. The van der Waals surface area contributed by atoms with Gasteiger partial charge in [-0.3, -0.25) is 4.68 Å². The molecule has 2 heterocycles. The molecule has 104 valence electrons. The summed E-state index contributed by atoms with van der Waals surface area (Å²) >= 11 is 0. The number of nitrogens with zero attached hydrogens (tertiary/aromatic N) is 4. The maximum atomic E-state index is 6.22. The third-order valence-corrected chi connectivity index (χ3v) is 3.18. The first-order valence-corrected chi connectivity index (χ1v) is 6.58. The maximum Gasteiger partial charge on any atom is 0.131 e. The molecular formula is C14H23N5. The van der Waals surface area contributed by atoms with Gasteiger partial charge in [0.05, 0.1) is 12.0 Å². The van der Waals surface area contributed by atoms with Crippen molar-refractivity contribution in [3.63, 3.8) is 0 Å². The molecule has 0 saturated heterocycles. The van der Waals surface area contributed by atoms with E-state index in [2.05, 4.69) is 44.7 Å². The first-order valence-electron chi connectivity index (χ1n) is 6.58. The van der Waals surface area contributed by atoms with Gasteiger partial charge in [0.15, 0.2) is 0 Å². The van der Waals surface area contributed by atoms with Crippen LogP contribution in [0.1, 0.15) is 46.4 Å². The molecule has 2 rings (SSSR count). The molecule has 5 nitrogen and oxygen atoms in total. The van der Waals surface area contributed by atoms with Gasteiger partial charge in [0.2, 0.25) is 0 Å². The van der Waals surface area contributed by atoms with Crippen LogP contribution in [0.2, 0.25) is 0 Å². The van der Waals surface area contributed by atoms with Crippen LogP contribution in [-0.4, -0.2) is 19.3 Å². The Bertz CT molecular complexity index is 583. The van der Waals surface area contributed by atoms with Crippen molar-refractivity contribution in [2.75, 3.05) is 5.73 Å². The average molecular weight is 261 g/mol. The molecule has 0 aromatic carbocycles. The molecule has 0 fully saturated rings. The standard InChI is InChI=1S/C14H23N5/c1-9(2)19-8-16-11(13(19)15)10-7-18(6)17-12(10)14(3,4)5/h7-9H,15H2,1-6H3. The first-order chi connectivity index (χ1) is 8.71. The summed E-state index contributed by atoms with van der Waals surface area (Å²) in [4.78, 5) is 4.48. The largest absolute Gasteiger partial charge is 0.383 e. The number of aryl methyl sites for hydroxylation is 1. The molecule has 0 amide bonds. The van der Waals surface area contributed by atoms with E-state index in [0.29, 0.717) is 11.9 Å². The number of aromatic nitrogens is 4. The number of hydrogen-bond acceptors (Lipinski definition) is 3. The Balaban J connectivity index is 2.60. The van der Waals surface area contributed by atoms with Crippen LogP contribution < -0.4 is 5.73 Å². The van der Waals surface area contributed by atoms with Crippen molar-refractivity contribution >= 4 is 5.82 Å². The van der Waals surface area contributed by atoms with Crippen molar-refractivity contribution in [2.24, 2.45) is 7.05 Å². The van der Waals surface area contributed by atoms with E-state index in [9.17, 15) is 0 Å². The highest BCUT2D eigenvalue weighted by atomic mass is 15.3. The van der Waals surface area contributed by atoms with Crippen LogP contribution in [0.3, 0.4) is 0 Å². The Morgan fingerprint density at radius 2 is 1.89 bits per heavy atom. The predicted octanol–water partition coefficient (Wildman–Crippen LogP) is 2.74. The van der Waals surface area contributed by atoms with E-state index < -0.39 is 0 Å². The lowest BCUT2D eigenvalue weighted by Crippen LogP contribution is -2.14. The van der Waals surface area contributed by atoms with Crippen LogP contribution >= 0.6 is 0 Å². The Hall–Kier alpha value is -1.78. The lowest BCUT2D eigenvalue weighted by atomic mass is 9.89. The fourth-order valence-electron chi connectivity index (χ4n) is 2.21. The summed E-state index contributed by atoms with van der Waals surface area (Å²) in [5.74, 6) is 0.702. The van der Waals surface area contributed by atoms with Crippen LogP contribution in [0.4, 0.5) is 5.82 Å². The molecule has 0 aliphatic carbocycles. The molecule has 0 unspecified atom stereocenters. The van der Waals surface area contributed by atoms with Gasteiger partial charge in [-0.1, -0.05) is 20.8 Å². The van der Waals surface area contributed by atoms with Gasteiger partial charge in [0.25, 0.3) is 0 Å². The molecule has 2 aromatic heterocycles. The van der Waals surface area contributed by atoms with E-state index in [4.69, 9.17) is 5.73 Å². The highest BCUT2D eigenvalue weighted by molar-refractivity contribution is 5.72. The number of nitrogens with two attached hydrogens (primary N) is 1. The average Bonchev–Trinajstić information content (AvgIpc) is 2.80. The Morgan fingerprint density at radius 1 is 1.26 bits per heavy atom. The fourth-order valence-corrected chi connectivity index (χ4v) is 2.21. The zero-order valence-corrected chi connectivity index (χ0v) is 12.6. The maximum absolute atomic E-state index is 6.22. The summed E-state index contributed by atoms with van der Waals surface area (Å²) in [7, 11) is 1.92. The summed E-state index contributed by atoms with van der Waals surface area (Å²) in [5.41, 5.74) is 9.05. The molecule has 2 N–H and O–H groups in total. The number of imidazole rings is 1. The molecule has 0 spiro atoms. The van der Waals surface area contributed by atoms with Crippen LogP contribution in [0.25, 0.3) is 11.3 Å². The quantitative estimate of drug-likeness (QED) is 0.904. The molecule has 0 atom stereocenters. The number of rotatable bonds is 2. The molecule has 5 heteroatoms.